The van der Waals surface area contributed by atoms with E-state index in [1.54, 1.807) is 59.3 Å². The maximum atomic E-state index is 13.4. The number of fused-ring (bicyclic) bond motifs is 3. The number of sulfonamides is 3. The highest BCUT2D eigenvalue weighted by molar-refractivity contribution is 14.1. The summed E-state index contributed by atoms with van der Waals surface area (Å²) in [6.45, 7) is 16.0. The average Bonchev–Trinajstić information content (AvgIpc) is 1.32. The third-order valence-electron chi connectivity index (χ3n) is 15.9. The van der Waals surface area contributed by atoms with Gasteiger partial charge in [-0.25, -0.2) is 39.3 Å². The van der Waals surface area contributed by atoms with Gasteiger partial charge in [-0.2, -0.15) is 40.5 Å². The van der Waals surface area contributed by atoms with Crippen LogP contribution in [0.4, 0.5) is 17.1 Å². The van der Waals surface area contributed by atoms with Crippen molar-refractivity contribution in [3.05, 3.63) is 187 Å². The molecule has 109 heavy (non-hydrogen) atoms. The van der Waals surface area contributed by atoms with Gasteiger partial charge >= 0.3 is 0 Å². The molecule has 0 radical (unpaired) electrons. The third-order valence-corrected chi connectivity index (χ3v) is 25.3. The monoisotopic (exact) mass is 1770 g/mol. The Labute approximate surface area is 655 Å². The summed E-state index contributed by atoms with van der Waals surface area (Å²) in [7, 11) is -22.1. The minimum Gasteiger partial charge on any atom is -0.505 e. The predicted octanol–water partition coefficient (Wildman–Crippen LogP) is 10.2. The summed E-state index contributed by atoms with van der Waals surface area (Å²) in [6.07, 6.45) is 6.65. The van der Waals surface area contributed by atoms with E-state index in [1.165, 1.54) is 90.5 Å². The highest BCUT2D eigenvalue weighted by atomic mass is 127. The number of nitrogens with one attached hydrogen (secondary N) is 3. The topological polar surface area (TPSA) is 443 Å². The van der Waals surface area contributed by atoms with Gasteiger partial charge in [0.1, 0.15) is 58.3 Å². The SMILES string of the molecule is C=CS(C)(=O)=O.CC(C)CCn1nc(-c2cccs2)c(O)c(C2=NS(=O)(=O)c3cc(/C=C/S(C)(=O)=O)ccc3N2)c1=O.CC(C)CCn1nc(-c2cccs2)c(O)c(C2=NS(=O)(=O)c3cc(CCS(C)(=O)=O)ccc3N2)c1=O.CC(C)CCn1nc(-c2cccs2)c(O)c(C2=NS(=O)(=O)c3cc(I)ccc3N2)c1=O. The summed E-state index contributed by atoms with van der Waals surface area (Å²) >= 11 is 6.01. The van der Waals surface area contributed by atoms with Gasteiger partial charge in [0.2, 0.25) is 0 Å². The number of thiophene rings is 3. The first-order valence-corrected chi connectivity index (χ1v) is 46.9. The molecule has 580 valence electrons. The van der Waals surface area contributed by atoms with Crippen LogP contribution in [0.25, 0.3) is 37.8 Å². The average molecular weight is 1780 g/mol. The second-order valence-corrected chi connectivity index (χ2v) is 41.1. The van der Waals surface area contributed by atoms with E-state index in [2.05, 4.69) is 51.0 Å². The standard InChI is InChI=1S/C23H26N4O6S3.C23H24N4O6S3.C20H19IN4O4S2.C3H6O2S/c2*1-14(2)8-10-27-23(29)19(21(28)20(25-27)17-5-4-11-34-17)22-24-16-7-6-15(9-12-35(3,30)31)13-18(16)36(32,33)26-22;1-11(2)7-8-25-20(27)16(18(26)17(23-25)14-4-3-9-30-14)19-22-13-6-5-12(21)10-15(13)31(28,29)24-19;1-3-6(2,4)5/h4-7,11,13-14,28H,8-10,12H2,1-3H3,(H,24,26);4-7,9,11-14,28H,8,10H2,1-3H3,(H,24,26);3-6,9-11,26H,7-8H2,1-2H3,(H,22,24);3H,1H2,2H3/b;12-9+;;. The van der Waals surface area contributed by atoms with Crippen molar-refractivity contribution in [2.24, 2.45) is 30.9 Å². The number of aryl methyl sites for hydroxylation is 4. The summed E-state index contributed by atoms with van der Waals surface area (Å²) in [6, 6.07) is 24.2. The van der Waals surface area contributed by atoms with E-state index in [1.807, 2.05) is 75.6 Å². The van der Waals surface area contributed by atoms with Crippen LogP contribution < -0.4 is 32.6 Å². The van der Waals surface area contributed by atoms with E-state index in [0.717, 1.165) is 33.2 Å². The Morgan fingerprint density at radius 3 is 1.17 bits per heavy atom. The molecule has 9 aromatic rings. The normalized spacial score (nSPS) is 14.7. The lowest BCUT2D eigenvalue weighted by molar-refractivity contribution is 0.443. The molecule has 0 saturated heterocycles. The van der Waals surface area contributed by atoms with Crippen molar-refractivity contribution in [3.63, 3.8) is 0 Å². The molecule has 30 nitrogen and oxygen atoms in total. The molecule has 0 unspecified atom stereocenters. The molecule has 0 bridgehead atoms. The lowest BCUT2D eigenvalue weighted by Crippen LogP contribution is -2.34. The van der Waals surface area contributed by atoms with E-state index in [9.17, 15) is 80.2 Å². The van der Waals surface area contributed by atoms with Gasteiger partial charge in [0.15, 0.2) is 54.4 Å². The van der Waals surface area contributed by atoms with Crippen LogP contribution in [0.5, 0.6) is 17.2 Å². The molecule has 6 N–H and O–H groups in total. The Morgan fingerprint density at radius 1 is 0.505 bits per heavy atom. The highest BCUT2D eigenvalue weighted by Crippen LogP contribution is 2.40. The Kier molecular flexibility index (Phi) is 26.4. The quantitative estimate of drug-likeness (QED) is 0.0364. The molecule has 12 rings (SSSR count). The Hall–Kier alpha value is -8.88. The van der Waals surface area contributed by atoms with Crippen molar-refractivity contribution < 1.29 is 65.8 Å². The van der Waals surface area contributed by atoms with Crippen LogP contribution in [-0.2, 0) is 85.6 Å². The van der Waals surface area contributed by atoms with Crippen LogP contribution in [0.15, 0.2) is 167 Å². The van der Waals surface area contributed by atoms with Gasteiger partial charge in [0.25, 0.3) is 46.7 Å². The maximum Gasteiger partial charge on any atom is 0.286 e. The molecule has 3 aliphatic heterocycles. The van der Waals surface area contributed by atoms with E-state index in [4.69, 9.17) is 0 Å². The second-order valence-electron chi connectivity index (χ2n) is 26.1. The summed E-state index contributed by atoms with van der Waals surface area (Å²) in [5.74, 6) is -1.39. The fourth-order valence-electron chi connectivity index (χ4n) is 10.3. The van der Waals surface area contributed by atoms with Crippen molar-refractivity contribution in [2.45, 2.75) is 102 Å². The van der Waals surface area contributed by atoms with Crippen molar-refractivity contribution in [1.29, 1.82) is 0 Å². The van der Waals surface area contributed by atoms with Gasteiger partial charge in [-0.05, 0) is 160 Å². The Bertz CT molecular complexity index is 6040. The number of benzene rings is 3. The highest BCUT2D eigenvalue weighted by Gasteiger charge is 2.35. The molecule has 0 spiro atoms. The number of amidine groups is 3. The van der Waals surface area contributed by atoms with E-state index < -0.39 is 93.5 Å². The predicted molar refractivity (Wildman–Crippen MR) is 435 cm³/mol. The minimum absolute atomic E-state index is 0.0234. The van der Waals surface area contributed by atoms with Gasteiger partial charge in [-0.1, -0.05) is 78.5 Å². The Morgan fingerprint density at radius 2 is 0.844 bits per heavy atom. The van der Waals surface area contributed by atoms with E-state index >= 15 is 0 Å². The van der Waals surface area contributed by atoms with E-state index in [-0.39, 0.29) is 114 Å². The number of sulfone groups is 3. The fraction of sp³-hybridized carbons (Fsp3) is 0.290. The number of anilines is 3. The van der Waals surface area contributed by atoms with Crippen LogP contribution in [-0.4, -0.2) is 137 Å². The van der Waals surface area contributed by atoms with Gasteiger partial charge in [-0.3, -0.25) is 14.4 Å². The number of halogens is 1. The van der Waals surface area contributed by atoms with Crippen molar-refractivity contribution in [1.82, 2.24) is 29.3 Å². The zero-order chi connectivity index (χ0) is 80.0. The second kappa shape index (κ2) is 34.2. The molecule has 3 aromatic carbocycles. The summed E-state index contributed by atoms with van der Waals surface area (Å²) in [5, 5.41) is 62.1. The molecule has 0 amide bonds. The number of aromatic hydroxyl groups is 3. The zero-order valence-electron chi connectivity index (χ0n) is 59.8. The number of aromatic nitrogens is 6. The molecular formula is C69H75IN12O18S9. The summed E-state index contributed by atoms with van der Waals surface area (Å²) in [5.41, 5.74) is -0.751. The van der Waals surface area contributed by atoms with Crippen LogP contribution in [0.2, 0.25) is 0 Å². The zero-order valence-corrected chi connectivity index (χ0v) is 69.3. The number of hydrogen-bond acceptors (Lipinski definition) is 27. The van der Waals surface area contributed by atoms with Crippen molar-refractivity contribution in [2.75, 3.05) is 40.5 Å². The van der Waals surface area contributed by atoms with Crippen LogP contribution >= 0.6 is 56.6 Å². The molecule has 0 atom stereocenters. The molecule has 6 aromatic heterocycles. The van der Waals surface area contributed by atoms with Gasteiger partial charge < -0.3 is 31.3 Å². The lowest BCUT2D eigenvalue weighted by atomic mass is 10.1. The van der Waals surface area contributed by atoms with Gasteiger partial charge in [0.05, 0.1) is 37.4 Å². The first kappa shape index (κ1) is 84.1. The molecule has 40 heteroatoms. The van der Waals surface area contributed by atoms with Crippen LogP contribution in [0.1, 0.15) is 88.6 Å². The van der Waals surface area contributed by atoms with Crippen LogP contribution in [0, 0.1) is 21.3 Å². The first-order valence-electron chi connectivity index (χ1n) is 32.9. The number of hydrogen-bond donors (Lipinski definition) is 6. The molecule has 9 heterocycles. The molecular weight excluding hydrogens is 1700 g/mol. The summed E-state index contributed by atoms with van der Waals surface area (Å²) < 4.78 is 159. The fourth-order valence-corrected chi connectivity index (χ4v) is 17.6. The van der Waals surface area contributed by atoms with Crippen molar-refractivity contribution >= 4 is 157 Å². The molecule has 0 fully saturated rings. The van der Waals surface area contributed by atoms with Gasteiger partial charge in [0, 0.05) is 52.8 Å². The number of rotatable bonds is 21. The van der Waals surface area contributed by atoms with Crippen molar-refractivity contribution in [3.8, 4) is 49.0 Å². The van der Waals surface area contributed by atoms with Gasteiger partial charge in [-0.15, -0.1) is 47.2 Å². The Balaban J connectivity index is 0.000000182. The maximum absolute atomic E-state index is 13.4. The lowest BCUT2D eigenvalue weighted by Gasteiger charge is -2.20. The third kappa shape index (κ3) is 21.2. The minimum atomic E-state index is -4.29. The first-order chi connectivity index (χ1) is 50.9. The molecule has 3 aliphatic rings. The smallest absolute Gasteiger partial charge is 0.286 e. The number of nitrogens with zero attached hydrogens (tertiary/aromatic N) is 9. The largest absolute Gasteiger partial charge is 0.505 e. The molecule has 0 saturated carbocycles. The summed E-state index contributed by atoms with van der Waals surface area (Å²) in [4.78, 5) is 41.5. The van der Waals surface area contributed by atoms with E-state index in [0.29, 0.717) is 63.2 Å². The molecule has 0 aliphatic carbocycles. The van der Waals surface area contributed by atoms with Crippen LogP contribution in [0.3, 0.4) is 0 Å².